The zero-order valence-electron chi connectivity index (χ0n) is 20.6. The number of benzene rings is 4. The van der Waals surface area contributed by atoms with Crippen LogP contribution >= 0.6 is 0 Å². The van der Waals surface area contributed by atoms with Gasteiger partial charge in [-0.25, -0.2) is 0 Å². The zero-order chi connectivity index (χ0) is 26.0. The molecule has 2 amide bonds. The molecule has 188 valence electrons. The Morgan fingerprint density at radius 2 is 1.19 bits per heavy atom. The Kier molecular flexibility index (Phi) is 8.39. The number of hydrogen-bond donors (Lipinski definition) is 2. The minimum absolute atomic E-state index is 0.349. The van der Waals surface area contributed by atoms with Gasteiger partial charge in [-0.3, -0.25) is 9.59 Å². The standard InChI is InChI=1S/C30H28N2O5/c1-35-25-15-11-22(12-16-25)29(33)31-28(32-30(34)23-13-17-26(36-2)18-14-23)24-9-6-10-27(19-24)37-20-21-7-4-3-5-8-21/h3-19,28H,20H2,1-2H3,(H,31,33)(H,32,34). The van der Waals surface area contributed by atoms with E-state index < -0.39 is 6.17 Å². The summed E-state index contributed by atoms with van der Waals surface area (Å²) in [5, 5.41) is 5.84. The molecule has 2 N–H and O–H groups in total. The van der Waals surface area contributed by atoms with E-state index in [1.54, 1.807) is 68.8 Å². The molecule has 37 heavy (non-hydrogen) atoms. The highest BCUT2D eigenvalue weighted by Gasteiger charge is 2.20. The molecule has 0 saturated carbocycles. The summed E-state index contributed by atoms with van der Waals surface area (Å²) in [7, 11) is 3.12. The molecule has 7 heteroatoms. The second-order valence-corrected chi connectivity index (χ2v) is 8.18. The molecular formula is C30H28N2O5. The van der Waals surface area contributed by atoms with Gasteiger partial charge in [-0.15, -0.1) is 0 Å². The van der Waals surface area contributed by atoms with Crippen molar-refractivity contribution in [2.24, 2.45) is 0 Å². The predicted octanol–water partition coefficient (Wildman–Crippen LogP) is 5.14. The molecule has 0 saturated heterocycles. The number of carbonyl (C=O) groups excluding carboxylic acids is 2. The molecule has 4 rings (SSSR count). The molecule has 4 aromatic carbocycles. The van der Waals surface area contributed by atoms with E-state index in [0.29, 0.717) is 40.5 Å². The maximum atomic E-state index is 13.1. The normalized spacial score (nSPS) is 10.5. The Bertz CT molecular complexity index is 1260. The molecule has 7 nitrogen and oxygen atoms in total. The molecule has 0 aliphatic rings. The lowest BCUT2D eigenvalue weighted by Gasteiger charge is -2.22. The maximum Gasteiger partial charge on any atom is 0.253 e. The smallest absolute Gasteiger partial charge is 0.253 e. The summed E-state index contributed by atoms with van der Waals surface area (Å²) in [6.07, 6.45) is -0.815. The van der Waals surface area contributed by atoms with Gasteiger partial charge in [-0.05, 0) is 71.8 Å². The number of nitrogens with one attached hydrogen (secondary N) is 2. The number of amides is 2. The first-order valence-corrected chi connectivity index (χ1v) is 11.7. The molecule has 0 radical (unpaired) electrons. The molecule has 0 aliphatic heterocycles. The third-order valence-corrected chi connectivity index (χ3v) is 5.70. The minimum Gasteiger partial charge on any atom is -0.497 e. The largest absolute Gasteiger partial charge is 0.497 e. The SMILES string of the molecule is COc1ccc(C(=O)NC(NC(=O)c2ccc(OC)cc2)c2cccc(OCc3ccccc3)c2)cc1. The Labute approximate surface area is 216 Å². The van der Waals surface area contributed by atoms with Gasteiger partial charge in [-0.1, -0.05) is 42.5 Å². The summed E-state index contributed by atoms with van der Waals surface area (Å²) in [5.41, 5.74) is 2.56. The van der Waals surface area contributed by atoms with E-state index in [4.69, 9.17) is 14.2 Å². The quantitative estimate of drug-likeness (QED) is 0.297. The first kappa shape index (κ1) is 25.3. The van der Waals surface area contributed by atoms with Gasteiger partial charge in [0.2, 0.25) is 0 Å². The number of ether oxygens (including phenoxy) is 3. The fourth-order valence-corrected chi connectivity index (χ4v) is 3.64. The number of carbonyl (C=O) groups is 2. The lowest BCUT2D eigenvalue weighted by molar-refractivity contribution is 0.0883. The van der Waals surface area contributed by atoms with E-state index in [1.807, 2.05) is 48.5 Å². The summed E-state index contributed by atoms with van der Waals surface area (Å²) in [4.78, 5) is 26.1. The van der Waals surface area contributed by atoms with E-state index in [0.717, 1.165) is 5.56 Å². The van der Waals surface area contributed by atoms with Crippen molar-refractivity contribution < 1.29 is 23.8 Å². The summed E-state index contributed by atoms with van der Waals surface area (Å²) in [6, 6.07) is 30.6. The Balaban J connectivity index is 1.55. The summed E-state index contributed by atoms with van der Waals surface area (Å²) < 4.78 is 16.3. The molecule has 0 atom stereocenters. The highest BCUT2D eigenvalue weighted by molar-refractivity contribution is 5.97. The van der Waals surface area contributed by atoms with Gasteiger partial charge >= 0.3 is 0 Å². The number of methoxy groups -OCH3 is 2. The topological polar surface area (TPSA) is 85.9 Å². The van der Waals surface area contributed by atoms with Crippen LogP contribution in [0.25, 0.3) is 0 Å². The van der Waals surface area contributed by atoms with E-state index in [9.17, 15) is 9.59 Å². The van der Waals surface area contributed by atoms with Gasteiger partial charge in [0.1, 0.15) is 30.0 Å². The molecule has 0 heterocycles. The van der Waals surface area contributed by atoms with E-state index in [2.05, 4.69) is 10.6 Å². The fraction of sp³-hybridized carbons (Fsp3) is 0.133. The van der Waals surface area contributed by atoms with Crippen LogP contribution in [0, 0.1) is 0 Å². The lowest BCUT2D eigenvalue weighted by atomic mass is 10.1. The first-order chi connectivity index (χ1) is 18.1. The van der Waals surface area contributed by atoms with Gasteiger partial charge in [0.25, 0.3) is 11.8 Å². The van der Waals surface area contributed by atoms with Crippen molar-refractivity contribution in [1.29, 1.82) is 0 Å². The van der Waals surface area contributed by atoms with Crippen LogP contribution in [-0.2, 0) is 6.61 Å². The number of hydrogen-bond acceptors (Lipinski definition) is 5. The lowest BCUT2D eigenvalue weighted by Crippen LogP contribution is -2.41. The highest BCUT2D eigenvalue weighted by Crippen LogP contribution is 2.21. The molecule has 0 aliphatic carbocycles. The third-order valence-electron chi connectivity index (χ3n) is 5.70. The van der Waals surface area contributed by atoms with Gasteiger partial charge in [0, 0.05) is 11.1 Å². The van der Waals surface area contributed by atoms with Crippen LogP contribution in [-0.4, -0.2) is 26.0 Å². The monoisotopic (exact) mass is 496 g/mol. The van der Waals surface area contributed by atoms with Crippen LogP contribution in [0.2, 0.25) is 0 Å². The van der Waals surface area contributed by atoms with Crippen molar-refractivity contribution in [2.45, 2.75) is 12.8 Å². The summed E-state index contributed by atoms with van der Waals surface area (Å²) in [6.45, 7) is 0.394. The summed E-state index contributed by atoms with van der Waals surface area (Å²) in [5.74, 6) is 1.20. The van der Waals surface area contributed by atoms with Crippen LogP contribution in [0.3, 0.4) is 0 Å². The molecule has 0 unspecified atom stereocenters. The van der Waals surface area contributed by atoms with Gasteiger partial charge in [-0.2, -0.15) is 0 Å². The molecule has 0 aromatic heterocycles. The first-order valence-electron chi connectivity index (χ1n) is 11.7. The van der Waals surface area contributed by atoms with E-state index in [1.165, 1.54) is 0 Å². The van der Waals surface area contributed by atoms with Crippen LogP contribution in [0.15, 0.2) is 103 Å². The third kappa shape index (κ3) is 6.89. The average Bonchev–Trinajstić information content (AvgIpc) is 2.96. The van der Waals surface area contributed by atoms with Crippen molar-refractivity contribution in [3.8, 4) is 17.2 Å². The molecule has 4 aromatic rings. The van der Waals surface area contributed by atoms with Crippen LogP contribution in [0.5, 0.6) is 17.2 Å². The highest BCUT2D eigenvalue weighted by atomic mass is 16.5. The van der Waals surface area contributed by atoms with Gasteiger partial charge in [0.15, 0.2) is 0 Å². The second-order valence-electron chi connectivity index (χ2n) is 8.18. The van der Waals surface area contributed by atoms with Crippen molar-refractivity contribution in [3.63, 3.8) is 0 Å². The summed E-state index contributed by atoms with van der Waals surface area (Å²) >= 11 is 0. The molecular weight excluding hydrogens is 468 g/mol. The van der Waals surface area contributed by atoms with Gasteiger partial charge < -0.3 is 24.8 Å². The van der Waals surface area contributed by atoms with Gasteiger partial charge in [0.05, 0.1) is 14.2 Å². The Hall–Kier alpha value is -4.78. The van der Waals surface area contributed by atoms with Crippen molar-refractivity contribution in [1.82, 2.24) is 10.6 Å². The van der Waals surface area contributed by atoms with Crippen LogP contribution < -0.4 is 24.8 Å². The Morgan fingerprint density at radius 3 is 1.70 bits per heavy atom. The molecule has 0 fully saturated rings. The van der Waals surface area contributed by atoms with Crippen LogP contribution in [0.4, 0.5) is 0 Å². The second kappa shape index (κ2) is 12.3. The average molecular weight is 497 g/mol. The van der Waals surface area contributed by atoms with Crippen molar-refractivity contribution >= 4 is 11.8 Å². The van der Waals surface area contributed by atoms with Crippen LogP contribution in [0.1, 0.15) is 38.0 Å². The maximum absolute atomic E-state index is 13.1. The predicted molar refractivity (Wildman–Crippen MR) is 141 cm³/mol. The minimum atomic E-state index is -0.815. The molecule has 0 spiro atoms. The van der Waals surface area contributed by atoms with E-state index in [-0.39, 0.29) is 11.8 Å². The van der Waals surface area contributed by atoms with Crippen molar-refractivity contribution in [2.75, 3.05) is 14.2 Å². The fourth-order valence-electron chi connectivity index (χ4n) is 3.64. The van der Waals surface area contributed by atoms with E-state index >= 15 is 0 Å². The number of rotatable bonds is 10. The molecule has 0 bridgehead atoms. The zero-order valence-corrected chi connectivity index (χ0v) is 20.6. The van der Waals surface area contributed by atoms with Crippen molar-refractivity contribution in [3.05, 3.63) is 125 Å². The Morgan fingerprint density at radius 1 is 0.649 bits per heavy atom.